The van der Waals surface area contributed by atoms with Gasteiger partial charge in [-0.3, -0.25) is 4.79 Å². The van der Waals surface area contributed by atoms with Crippen molar-refractivity contribution in [3.8, 4) is 12.3 Å². The minimum atomic E-state index is -1.43. The van der Waals surface area contributed by atoms with Crippen LogP contribution >= 0.6 is 0 Å². The predicted octanol–water partition coefficient (Wildman–Crippen LogP) is -0.318. The molecule has 72 valence electrons. The van der Waals surface area contributed by atoms with Crippen molar-refractivity contribution >= 4 is 5.91 Å². The molecule has 13 heavy (non-hydrogen) atoms. The van der Waals surface area contributed by atoms with E-state index in [-0.39, 0.29) is 5.92 Å². The lowest BCUT2D eigenvalue weighted by Gasteiger charge is -2.29. The van der Waals surface area contributed by atoms with Gasteiger partial charge in [-0.25, -0.2) is 4.39 Å². The lowest BCUT2D eigenvalue weighted by Crippen LogP contribution is -2.52. The van der Waals surface area contributed by atoms with Crippen LogP contribution in [-0.4, -0.2) is 31.2 Å². The molecule has 0 aromatic heterocycles. The number of nitrogens with one attached hydrogen (secondary N) is 2. The van der Waals surface area contributed by atoms with Crippen LogP contribution in [0.5, 0.6) is 0 Å². The third-order valence-corrected chi connectivity index (χ3v) is 2.09. The molecule has 1 fully saturated rings. The fraction of sp³-hybridized carbons (Fsp3) is 0.667. The molecule has 0 spiro atoms. The Balaban J connectivity index is 2.34. The fourth-order valence-corrected chi connectivity index (χ4v) is 1.07. The van der Waals surface area contributed by atoms with E-state index in [2.05, 4.69) is 16.6 Å². The molecule has 1 aliphatic heterocycles. The quantitative estimate of drug-likeness (QED) is 0.590. The van der Waals surface area contributed by atoms with E-state index in [0.29, 0.717) is 13.1 Å². The van der Waals surface area contributed by atoms with Crippen molar-refractivity contribution in [1.29, 1.82) is 0 Å². The van der Waals surface area contributed by atoms with Gasteiger partial charge in [-0.05, 0) is 6.92 Å². The van der Waals surface area contributed by atoms with Crippen molar-refractivity contribution < 1.29 is 9.18 Å². The van der Waals surface area contributed by atoms with Crippen molar-refractivity contribution in [2.75, 3.05) is 13.1 Å². The Kier molecular flexibility index (Phi) is 3.26. The first-order valence-corrected chi connectivity index (χ1v) is 4.26. The number of carbonyl (C=O) groups is 1. The summed E-state index contributed by atoms with van der Waals surface area (Å²) in [6, 6.07) is -0.404. The van der Waals surface area contributed by atoms with Crippen LogP contribution in [0.25, 0.3) is 0 Å². The number of alkyl halides is 1. The SMILES string of the molecule is C#CC(C)NC(=O)C(F)C1CNC1. The van der Waals surface area contributed by atoms with E-state index in [1.54, 1.807) is 6.92 Å². The van der Waals surface area contributed by atoms with Crippen molar-refractivity contribution in [3.63, 3.8) is 0 Å². The van der Waals surface area contributed by atoms with Gasteiger partial charge in [0.15, 0.2) is 6.17 Å². The maximum atomic E-state index is 13.2. The van der Waals surface area contributed by atoms with Crippen LogP contribution in [0.1, 0.15) is 6.92 Å². The summed E-state index contributed by atoms with van der Waals surface area (Å²) < 4.78 is 13.2. The highest BCUT2D eigenvalue weighted by Gasteiger charge is 2.32. The molecule has 2 N–H and O–H groups in total. The molecule has 1 rings (SSSR count). The highest BCUT2D eigenvalue weighted by Crippen LogP contribution is 2.12. The molecule has 0 saturated carbocycles. The van der Waals surface area contributed by atoms with Gasteiger partial charge in [0.1, 0.15) is 0 Å². The predicted molar refractivity (Wildman–Crippen MR) is 47.7 cm³/mol. The van der Waals surface area contributed by atoms with E-state index in [0.717, 1.165) is 0 Å². The standard InChI is InChI=1S/C9H13FN2O/c1-3-6(2)12-9(13)8(10)7-4-11-5-7/h1,6-8,11H,4-5H2,2H3,(H,12,13). The zero-order valence-electron chi connectivity index (χ0n) is 7.51. The largest absolute Gasteiger partial charge is 0.340 e. The Labute approximate surface area is 77.1 Å². The van der Waals surface area contributed by atoms with Gasteiger partial charge in [0.05, 0.1) is 6.04 Å². The Morgan fingerprint density at radius 1 is 1.77 bits per heavy atom. The highest BCUT2D eigenvalue weighted by atomic mass is 19.1. The van der Waals surface area contributed by atoms with Crippen LogP contribution in [0.15, 0.2) is 0 Å². The van der Waals surface area contributed by atoms with Crippen molar-refractivity contribution in [2.45, 2.75) is 19.1 Å². The van der Waals surface area contributed by atoms with E-state index < -0.39 is 18.1 Å². The van der Waals surface area contributed by atoms with E-state index in [9.17, 15) is 9.18 Å². The second-order valence-electron chi connectivity index (χ2n) is 3.22. The summed E-state index contributed by atoms with van der Waals surface area (Å²) in [5.41, 5.74) is 0. The topological polar surface area (TPSA) is 41.1 Å². The van der Waals surface area contributed by atoms with Gasteiger partial charge in [0.25, 0.3) is 5.91 Å². The summed E-state index contributed by atoms with van der Waals surface area (Å²) >= 11 is 0. The van der Waals surface area contributed by atoms with E-state index in [1.165, 1.54) is 0 Å². The van der Waals surface area contributed by atoms with Gasteiger partial charge in [-0.2, -0.15) is 0 Å². The summed E-state index contributed by atoms with van der Waals surface area (Å²) in [6.45, 7) is 2.78. The van der Waals surface area contributed by atoms with Crippen molar-refractivity contribution in [3.05, 3.63) is 0 Å². The van der Waals surface area contributed by atoms with E-state index in [4.69, 9.17) is 6.42 Å². The maximum Gasteiger partial charge on any atom is 0.255 e. The molecule has 3 nitrogen and oxygen atoms in total. The molecular formula is C9H13FN2O. The molecule has 0 aromatic carbocycles. The number of halogens is 1. The molecule has 4 heteroatoms. The lowest BCUT2D eigenvalue weighted by molar-refractivity contribution is -0.128. The number of carbonyl (C=O) groups excluding carboxylic acids is 1. The molecule has 1 heterocycles. The number of amides is 1. The summed E-state index contributed by atoms with van der Waals surface area (Å²) in [5, 5.41) is 5.30. The highest BCUT2D eigenvalue weighted by molar-refractivity contribution is 5.81. The van der Waals surface area contributed by atoms with Gasteiger partial charge in [0, 0.05) is 19.0 Å². The van der Waals surface area contributed by atoms with Crippen molar-refractivity contribution in [1.82, 2.24) is 10.6 Å². The van der Waals surface area contributed by atoms with Crippen LogP contribution in [-0.2, 0) is 4.79 Å². The Morgan fingerprint density at radius 2 is 2.38 bits per heavy atom. The number of terminal acetylenes is 1. The van der Waals surface area contributed by atoms with Gasteiger partial charge >= 0.3 is 0 Å². The molecule has 0 aliphatic carbocycles. The summed E-state index contributed by atoms with van der Waals surface area (Å²) in [5.74, 6) is 1.52. The molecule has 1 saturated heterocycles. The number of rotatable bonds is 3. The molecule has 0 radical (unpaired) electrons. The third kappa shape index (κ3) is 2.43. The zero-order valence-corrected chi connectivity index (χ0v) is 7.51. The lowest BCUT2D eigenvalue weighted by atomic mass is 9.97. The van der Waals surface area contributed by atoms with Gasteiger partial charge in [0.2, 0.25) is 0 Å². The summed E-state index contributed by atoms with van der Waals surface area (Å²) in [6.07, 6.45) is 3.61. The van der Waals surface area contributed by atoms with Crippen LogP contribution < -0.4 is 10.6 Å². The maximum absolute atomic E-state index is 13.2. The van der Waals surface area contributed by atoms with Crippen LogP contribution in [0.2, 0.25) is 0 Å². The molecule has 2 unspecified atom stereocenters. The monoisotopic (exact) mass is 184 g/mol. The van der Waals surface area contributed by atoms with Gasteiger partial charge in [-0.1, -0.05) is 5.92 Å². The van der Waals surface area contributed by atoms with Crippen molar-refractivity contribution in [2.24, 2.45) is 5.92 Å². The third-order valence-electron chi connectivity index (χ3n) is 2.09. The first-order chi connectivity index (χ1) is 6.15. The average molecular weight is 184 g/mol. The molecular weight excluding hydrogens is 171 g/mol. The van der Waals surface area contributed by atoms with Gasteiger partial charge in [-0.15, -0.1) is 6.42 Å². The smallest absolute Gasteiger partial charge is 0.255 e. The van der Waals surface area contributed by atoms with E-state index >= 15 is 0 Å². The van der Waals surface area contributed by atoms with Crippen LogP contribution in [0.3, 0.4) is 0 Å². The second-order valence-corrected chi connectivity index (χ2v) is 3.22. The minimum absolute atomic E-state index is 0.190. The fourth-order valence-electron chi connectivity index (χ4n) is 1.07. The molecule has 1 amide bonds. The number of hydrogen-bond donors (Lipinski definition) is 2. The molecule has 0 aromatic rings. The second kappa shape index (κ2) is 4.24. The zero-order chi connectivity index (χ0) is 9.84. The first kappa shape index (κ1) is 10.0. The average Bonchev–Trinajstić information content (AvgIpc) is 2.00. The Morgan fingerprint density at radius 3 is 2.77 bits per heavy atom. The Bertz CT molecular complexity index is 232. The minimum Gasteiger partial charge on any atom is -0.340 e. The summed E-state index contributed by atoms with van der Waals surface area (Å²) in [7, 11) is 0. The summed E-state index contributed by atoms with van der Waals surface area (Å²) in [4.78, 5) is 11.1. The number of hydrogen-bond acceptors (Lipinski definition) is 2. The Hall–Kier alpha value is -1.08. The molecule has 2 atom stereocenters. The van der Waals surface area contributed by atoms with E-state index in [1.807, 2.05) is 0 Å². The van der Waals surface area contributed by atoms with Crippen LogP contribution in [0, 0.1) is 18.3 Å². The van der Waals surface area contributed by atoms with Crippen LogP contribution in [0.4, 0.5) is 4.39 Å². The first-order valence-electron chi connectivity index (χ1n) is 4.26. The normalized spacial score (nSPS) is 21.0. The molecule has 1 aliphatic rings. The molecule has 0 bridgehead atoms. The van der Waals surface area contributed by atoms with Gasteiger partial charge < -0.3 is 10.6 Å².